The molecule has 0 saturated carbocycles. The van der Waals surface area contributed by atoms with E-state index in [2.05, 4.69) is 15.3 Å². The van der Waals surface area contributed by atoms with Gasteiger partial charge in [-0.05, 0) is 35.7 Å². The molecule has 1 unspecified atom stereocenters. The normalized spacial score (nSPS) is 17.6. The van der Waals surface area contributed by atoms with Gasteiger partial charge in [-0.15, -0.1) is 24.0 Å². The fraction of sp³-hybridized carbons (Fsp3) is 0.400. The lowest BCUT2D eigenvalue weighted by atomic mass is 10.0. The van der Waals surface area contributed by atoms with Crippen molar-refractivity contribution in [3.05, 3.63) is 65.5 Å². The van der Waals surface area contributed by atoms with Crippen LogP contribution in [0.1, 0.15) is 22.8 Å². The van der Waals surface area contributed by atoms with E-state index >= 15 is 0 Å². The highest BCUT2D eigenvalue weighted by Gasteiger charge is 2.32. The molecule has 0 radical (unpaired) electrons. The molecule has 1 aliphatic rings. The molecule has 3 rings (SSSR count). The third-order valence-electron chi connectivity index (χ3n) is 4.58. The fourth-order valence-electron chi connectivity index (χ4n) is 3.16. The maximum Gasteiger partial charge on any atom is 0.416 e. The summed E-state index contributed by atoms with van der Waals surface area (Å²) in [6.07, 6.45) is -0.448. The average Bonchev–Trinajstić information content (AvgIpc) is 2.71. The van der Waals surface area contributed by atoms with Crippen molar-refractivity contribution in [3.63, 3.8) is 0 Å². The van der Waals surface area contributed by atoms with E-state index in [1.54, 1.807) is 19.3 Å². The maximum absolute atomic E-state index is 13.0. The average molecular weight is 520 g/mol. The van der Waals surface area contributed by atoms with Crippen molar-refractivity contribution in [2.75, 3.05) is 33.3 Å². The Bertz CT molecular complexity index is 802. The Labute approximate surface area is 185 Å². The largest absolute Gasteiger partial charge is 0.416 e. The summed E-state index contributed by atoms with van der Waals surface area (Å²) in [6.45, 7) is 2.17. The molecule has 0 amide bonds. The lowest BCUT2D eigenvalue weighted by Crippen LogP contribution is -2.48. The molecule has 29 heavy (non-hydrogen) atoms. The van der Waals surface area contributed by atoms with Crippen LogP contribution in [0.5, 0.6) is 0 Å². The first-order chi connectivity index (χ1) is 13.5. The smallest absolute Gasteiger partial charge is 0.370 e. The monoisotopic (exact) mass is 520 g/mol. The molecule has 1 aliphatic heterocycles. The number of ether oxygens (including phenoxy) is 1. The van der Waals surface area contributed by atoms with Gasteiger partial charge in [-0.3, -0.25) is 9.98 Å². The number of guanidine groups is 1. The number of hydrogen-bond acceptors (Lipinski definition) is 3. The number of halogens is 4. The Morgan fingerprint density at radius 3 is 2.83 bits per heavy atom. The molecule has 1 atom stereocenters. The summed E-state index contributed by atoms with van der Waals surface area (Å²) in [5.74, 6) is 0.712. The molecule has 1 N–H and O–H groups in total. The van der Waals surface area contributed by atoms with Gasteiger partial charge in [-0.2, -0.15) is 13.2 Å². The van der Waals surface area contributed by atoms with Crippen LogP contribution in [0.4, 0.5) is 13.2 Å². The molecule has 9 heteroatoms. The van der Waals surface area contributed by atoms with Crippen LogP contribution in [0, 0.1) is 0 Å². The third kappa shape index (κ3) is 6.56. The van der Waals surface area contributed by atoms with Crippen LogP contribution >= 0.6 is 24.0 Å². The quantitative estimate of drug-likeness (QED) is 0.378. The molecule has 1 saturated heterocycles. The molecule has 1 fully saturated rings. The van der Waals surface area contributed by atoms with Gasteiger partial charge < -0.3 is 15.0 Å². The molecule has 2 aromatic rings. The van der Waals surface area contributed by atoms with E-state index in [1.165, 1.54) is 6.07 Å². The molecule has 1 aromatic heterocycles. The zero-order chi connectivity index (χ0) is 20.0. The van der Waals surface area contributed by atoms with Gasteiger partial charge in [0.2, 0.25) is 0 Å². The van der Waals surface area contributed by atoms with E-state index in [0.29, 0.717) is 37.8 Å². The van der Waals surface area contributed by atoms with Crippen molar-refractivity contribution in [1.29, 1.82) is 0 Å². The minimum atomic E-state index is -4.37. The zero-order valence-electron chi connectivity index (χ0n) is 16.0. The summed E-state index contributed by atoms with van der Waals surface area (Å²) < 4.78 is 44.7. The van der Waals surface area contributed by atoms with Gasteiger partial charge in [0, 0.05) is 32.5 Å². The Morgan fingerprint density at radius 1 is 1.31 bits per heavy atom. The van der Waals surface area contributed by atoms with E-state index < -0.39 is 17.8 Å². The van der Waals surface area contributed by atoms with Gasteiger partial charge in [0.05, 0.1) is 18.7 Å². The van der Waals surface area contributed by atoms with Crippen molar-refractivity contribution in [2.45, 2.75) is 18.7 Å². The van der Waals surface area contributed by atoms with Gasteiger partial charge >= 0.3 is 6.18 Å². The molecule has 5 nitrogen and oxygen atoms in total. The summed E-state index contributed by atoms with van der Waals surface area (Å²) >= 11 is 0. The van der Waals surface area contributed by atoms with Crippen LogP contribution in [0.2, 0.25) is 0 Å². The number of morpholine rings is 1. The number of aromatic nitrogens is 1. The molecular formula is C20H24F3IN4O. The summed E-state index contributed by atoms with van der Waals surface area (Å²) in [5.41, 5.74) is 0.976. The van der Waals surface area contributed by atoms with Gasteiger partial charge in [-0.1, -0.05) is 18.2 Å². The number of rotatable bonds is 4. The first-order valence-corrected chi connectivity index (χ1v) is 9.10. The summed E-state index contributed by atoms with van der Waals surface area (Å²) in [7, 11) is 1.70. The van der Waals surface area contributed by atoms with Crippen molar-refractivity contribution >= 4 is 29.9 Å². The summed E-state index contributed by atoms with van der Waals surface area (Å²) in [4.78, 5) is 10.4. The van der Waals surface area contributed by atoms with E-state index in [1.807, 2.05) is 23.2 Å². The first kappa shape index (κ1) is 23.4. The minimum Gasteiger partial charge on any atom is -0.370 e. The van der Waals surface area contributed by atoms with Gasteiger partial charge in [0.25, 0.3) is 0 Å². The van der Waals surface area contributed by atoms with Gasteiger partial charge in [0.1, 0.15) is 6.10 Å². The van der Waals surface area contributed by atoms with Crippen LogP contribution in [0.15, 0.2) is 53.8 Å². The third-order valence-corrected chi connectivity index (χ3v) is 4.58. The first-order valence-electron chi connectivity index (χ1n) is 9.10. The predicted molar refractivity (Wildman–Crippen MR) is 116 cm³/mol. The Kier molecular flexibility index (Phi) is 8.69. The van der Waals surface area contributed by atoms with E-state index in [-0.39, 0.29) is 24.0 Å². The van der Waals surface area contributed by atoms with Crippen molar-refractivity contribution in [3.8, 4) is 0 Å². The SMILES string of the molecule is CN=C(NCCc1cccnc1)N1CCOC(c2cccc(C(F)(F)F)c2)C1.I. The molecule has 0 spiro atoms. The number of alkyl halides is 3. The molecule has 158 valence electrons. The number of aliphatic imine (C=N–C) groups is 1. The number of benzene rings is 1. The van der Waals surface area contributed by atoms with Crippen molar-refractivity contribution in [1.82, 2.24) is 15.2 Å². The zero-order valence-corrected chi connectivity index (χ0v) is 18.4. The lowest BCUT2D eigenvalue weighted by Gasteiger charge is -2.35. The Hall–Kier alpha value is -1.88. The molecule has 0 bridgehead atoms. The van der Waals surface area contributed by atoms with Crippen LogP contribution in [-0.2, 0) is 17.3 Å². The highest BCUT2D eigenvalue weighted by molar-refractivity contribution is 14.0. The predicted octanol–water partition coefficient (Wildman–Crippen LogP) is 3.91. The number of nitrogens with zero attached hydrogens (tertiary/aromatic N) is 3. The van der Waals surface area contributed by atoms with Crippen molar-refractivity contribution in [2.24, 2.45) is 4.99 Å². The summed E-state index contributed by atoms with van der Waals surface area (Å²) in [5, 5.41) is 3.31. The maximum atomic E-state index is 13.0. The second kappa shape index (κ2) is 10.8. The van der Waals surface area contributed by atoms with Gasteiger partial charge in [0.15, 0.2) is 5.96 Å². The van der Waals surface area contributed by atoms with Crippen LogP contribution in [0.25, 0.3) is 0 Å². The van der Waals surface area contributed by atoms with Crippen LogP contribution < -0.4 is 5.32 Å². The molecular weight excluding hydrogens is 496 g/mol. The standard InChI is InChI=1S/C20H23F3N4O.HI/c1-24-19(26-9-7-15-4-3-8-25-13-15)27-10-11-28-18(14-27)16-5-2-6-17(12-16)20(21,22)23;/h2-6,8,12-13,18H,7,9-11,14H2,1H3,(H,24,26);1H. The fourth-order valence-corrected chi connectivity index (χ4v) is 3.16. The minimum absolute atomic E-state index is 0. The summed E-state index contributed by atoms with van der Waals surface area (Å²) in [6, 6.07) is 9.22. The Morgan fingerprint density at radius 2 is 2.14 bits per heavy atom. The highest BCUT2D eigenvalue weighted by atomic mass is 127. The van der Waals surface area contributed by atoms with E-state index in [9.17, 15) is 13.2 Å². The topological polar surface area (TPSA) is 49.8 Å². The number of nitrogens with one attached hydrogen (secondary N) is 1. The number of pyridine rings is 1. The molecule has 0 aliphatic carbocycles. The number of hydrogen-bond donors (Lipinski definition) is 1. The van der Waals surface area contributed by atoms with E-state index in [0.717, 1.165) is 24.1 Å². The van der Waals surface area contributed by atoms with E-state index in [4.69, 9.17) is 4.74 Å². The van der Waals surface area contributed by atoms with Crippen molar-refractivity contribution < 1.29 is 17.9 Å². The highest BCUT2D eigenvalue weighted by Crippen LogP contribution is 2.32. The second-order valence-corrected chi connectivity index (χ2v) is 6.51. The van der Waals surface area contributed by atoms with Crippen LogP contribution in [0.3, 0.4) is 0 Å². The van der Waals surface area contributed by atoms with Crippen LogP contribution in [-0.4, -0.2) is 49.1 Å². The molecule has 1 aromatic carbocycles. The Balaban J connectivity index is 0.00000300. The van der Waals surface area contributed by atoms with Gasteiger partial charge in [-0.25, -0.2) is 0 Å². The second-order valence-electron chi connectivity index (χ2n) is 6.51. The molecule has 2 heterocycles. The lowest BCUT2D eigenvalue weighted by molar-refractivity contribution is -0.137.